The van der Waals surface area contributed by atoms with Crippen molar-refractivity contribution in [1.82, 2.24) is 15.1 Å². The molecule has 3 N–H and O–H groups in total. The lowest BCUT2D eigenvalue weighted by Gasteiger charge is -2.36. The highest BCUT2D eigenvalue weighted by molar-refractivity contribution is 5.80. The van der Waals surface area contributed by atoms with Crippen molar-refractivity contribution in [3.63, 3.8) is 0 Å². The number of hydrogen-bond donors (Lipinski definition) is 3. The molecule has 0 radical (unpaired) electrons. The largest absolute Gasteiger partial charge is 0.394 e. The first-order chi connectivity index (χ1) is 25.8. The molecular formula is C41H80N4O7. The molecule has 2 unspecified atom stereocenters. The second-order valence-corrected chi connectivity index (χ2v) is 15.3. The fraction of sp³-hybridized carbons (Fsp3) is 0.976. The van der Waals surface area contributed by atoms with Gasteiger partial charge in [0.25, 0.3) is 0 Å². The zero-order chi connectivity index (χ0) is 36.6. The van der Waals surface area contributed by atoms with Gasteiger partial charge in [-0.05, 0) is 44.6 Å². The van der Waals surface area contributed by atoms with E-state index < -0.39 is 0 Å². The van der Waals surface area contributed by atoms with Crippen molar-refractivity contribution in [2.45, 2.75) is 141 Å². The maximum atomic E-state index is 8.82. The van der Waals surface area contributed by atoms with E-state index in [1.54, 1.807) is 0 Å². The van der Waals surface area contributed by atoms with Crippen LogP contribution in [0.25, 0.3) is 0 Å². The zero-order valence-corrected chi connectivity index (χ0v) is 33.2. The molecule has 0 spiro atoms. The van der Waals surface area contributed by atoms with Crippen molar-refractivity contribution in [2.24, 2.45) is 10.9 Å². The molecule has 2 saturated carbocycles. The number of aliphatic hydroxyl groups is 2. The van der Waals surface area contributed by atoms with Crippen molar-refractivity contribution in [3.8, 4) is 0 Å². The van der Waals surface area contributed by atoms with E-state index in [0.717, 1.165) is 51.9 Å². The summed E-state index contributed by atoms with van der Waals surface area (Å²) in [7, 11) is 0. The number of nitrogens with one attached hydrogen (secondary N) is 1. The van der Waals surface area contributed by atoms with Gasteiger partial charge in [-0.15, -0.1) is 0 Å². The number of nitrogens with zero attached hydrogens (tertiary/aromatic N) is 3. The van der Waals surface area contributed by atoms with Crippen LogP contribution in [0.3, 0.4) is 0 Å². The molecular weight excluding hydrogens is 660 g/mol. The first kappa shape index (κ1) is 45.3. The smallest absolute Gasteiger partial charge is 0.194 e. The fourth-order valence-corrected chi connectivity index (χ4v) is 7.91. The number of unbranched alkanes of at least 4 members (excludes halogenated alkanes) is 9. The van der Waals surface area contributed by atoms with Crippen LogP contribution < -0.4 is 5.32 Å². The summed E-state index contributed by atoms with van der Waals surface area (Å²) in [6.45, 7) is 10.7. The average Bonchev–Trinajstić information content (AvgIpc) is 3.18. The van der Waals surface area contributed by atoms with Crippen molar-refractivity contribution < 1.29 is 33.9 Å². The summed E-state index contributed by atoms with van der Waals surface area (Å²) in [5.41, 5.74) is 0. The lowest BCUT2D eigenvalue weighted by molar-refractivity contribution is 0.0145. The van der Waals surface area contributed by atoms with Gasteiger partial charge < -0.3 is 44.1 Å². The summed E-state index contributed by atoms with van der Waals surface area (Å²) in [5.74, 6) is 2.05. The van der Waals surface area contributed by atoms with Gasteiger partial charge in [-0.2, -0.15) is 0 Å². The topological polar surface area (TPSA) is 117 Å². The lowest BCUT2D eigenvalue weighted by Crippen LogP contribution is -2.51. The van der Waals surface area contributed by atoms with Crippen LogP contribution in [0.1, 0.15) is 128 Å². The van der Waals surface area contributed by atoms with Gasteiger partial charge >= 0.3 is 0 Å². The summed E-state index contributed by atoms with van der Waals surface area (Å²) in [6.07, 6.45) is 26.8. The third kappa shape index (κ3) is 23.0. The Kier molecular flexibility index (Phi) is 28.1. The Balaban J connectivity index is 1.18. The highest BCUT2D eigenvalue weighted by Gasteiger charge is 2.26. The predicted octanol–water partition coefficient (Wildman–Crippen LogP) is 5.80. The molecule has 0 bridgehead atoms. The number of aliphatic imine (C=N–C) groups is 1. The van der Waals surface area contributed by atoms with Gasteiger partial charge in [-0.25, -0.2) is 4.99 Å². The minimum atomic E-state index is 0.0484. The van der Waals surface area contributed by atoms with E-state index in [1.165, 1.54) is 134 Å². The molecule has 11 nitrogen and oxygen atoms in total. The van der Waals surface area contributed by atoms with Gasteiger partial charge in [0.1, 0.15) is 0 Å². The molecule has 11 heteroatoms. The molecule has 3 fully saturated rings. The lowest BCUT2D eigenvalue weighted by atomic mass is 9.82. The molecule has 0 aromatic rings. The summed E-state index contributed by atoms with van der Waals surface area (Å²) in [4.78, 5) is 10.2. The Morgan fingerprint density at radius 1 is 0.615 bits per heavy atom. The first-order valence-corrected chi connectivity index (χ1v) is 21.7. The zero-order valence-electron chi connectivity index (χ0n) is 33.2. The highest BCUT2D eigenvalue weighted by atomic mass is 16.5. The number of aliphatic hydroxyl groups excluding tert-OH is 2. The Labute approximate surface area is 317 Å². The van der Waals surface area contributed by atoms with Crippen LogP contribution in [0.5, 0.6) is 0 Å². The minimum absolute atomic E-state index is 0.0484. The Bertz CT molecular complexity index is 811. The standard InChI is InChI=1S/C41H80N4O7/c46-25-31-51-35-33-49-27-21-44(22-28-50-34-36-52-32-26-47)20-13-8-6-4-2-1-3-5-7-10-15-38-16-14-19-40(37-38)43-41(45-23-29-48-30-24-45)42-39-17-11-9-12-18-39/h38-40,46-47H,1-37H2,(H,42,43). The molecule has 1 saturated heterocycles. The molecule has 0 aromatic carbocycles. The van der Waals surface area contributed by atoms with Crippen LogP contribution in [-0.4, -0.2) is 150 Å². The van der Waals surface area contributed by atoms with Crippen molar-refractivity contribution in [2.75, 3.05) is 112 Å². The second kappa shape index (κ2) is 32.2. The summed E-state index contributed by atoms with van der Waals surface area (Å²) >= 11 is 0. The number of rotatable bonds is 31. The number of hydrogen-bond acceptors (Lipinski definition) is 9. The molecule has 306 valence electrons. The molecule has 3 aliphatic rings. The molecule has 52 heavy (non-hydrogen) atoms. The van der Waals surface area contributed by atoms with Crippen molar-refractivity contribution >= 4 is 5.96 Å². The minimum Gasteiger partial charge on any atom is -0.394 e. The van der Waals surface area contributed by atoms with E-state index in [-0.39, 0.29) is 13.2 Å². The summed E-state index contributed by atoms with van der Waals surface area (Å²) < 4.78 is 27.7. The van der Waals surface area contributed by atoms with E-state index in [9.17, 15) is 0 Å². The predicted molar refractivity (Wildman–Crippen MR) is 210 cm³/mol. The van der Waals surface area contributed by atoms with Gasteiger partial charge in [0.2, 0.25) is 0 Å². The molecule has 1 heterocycles. The van der Waals surface area contributed by atoms with Crippen LogP contribution in [0, 0.1) is 5.92 Å². The van der Waals surface area contributed by atoms with E-state index >= 15 is 0 Å². The Morgan fingerprint density at radius 3 is 1.77 bits per heavy atom. The van der Waals surface area contributed by atoms with E-state index in [0.29, 0.717) is 64.9 Å². The Hall–Kier alpha value is -1.05. The fourth-order valence-electron chi connectivity index (χ4n) is 7.91. The van der Waals surface area contributed by atoms with Gasteiger partial charge in [-0.1, -0.05) is 96.3 Å². The monoisotopic (exact) mass is 741 g/mol. The molecule has 1 aliphatic heterocycles. The first-order valence-electron chi connectivity index (χ1n) is 21.7. The van der Waals surface area contributed by atoms with Crippen LogP contribution in [0.2, 0.25) is 0 Å². The van der Waals surface area contributed by atoms with E-state index in [4.69, 9.17) is 38.9 Å². The maximum absolute atomic E-state index is 8.82. The SMILES string of the molecule is OCCOCCOCCN(CCCCCCCCCCCCC1CCCC(NC(=NC2CCCCC2)N2CCOCC2)C1)CCOCCOCCO. The molecule has 2 aliphatic carbocycles. The van der Waals surface area contributed by atoms with Gasteiger partial charge in [0, 0.05) is 32.2 Å². The van der Waals surface area contributed by atoms with E-state index in [2.05, 4.69) is 15.1 Å². The molecule has 2 atom stereocenters. The van der Waals surface area contributed by atoms with Crippen LogP contribution in [0.15, 0.2) is 4.99 Å². The molecule has 0 amide bonds. The normalized spacial score (nSPS) is 20.6. The third-order valence-electron chi connectivity index (χ3n) is 11.0. The number of morpholine rings is 1. The number of ether oxygens (including phenoxy) is 5. The molecule has 0 aromatic heterocycles. The van der Waals surface area contributed by atoms with Gasteiger partial charge in [0.15, 0.2) is 5.96 Å². The average molecular weight is 741 g/mol. The molecule has 3 rings (SSSR count). The third-order valence-corrected chi connectivity index (χ3v) is 11.0. The Morgan fingerprint density at radius 2 is 1.17 bits per heavy atom. The van der Waals surface area contributed by atoms with Gasteiger partial charge in [-0.3, -0.25) is 4.90 Å². The van der Waals surface area contributed by atoms with Crippen molar-refractivity contribution in [3.05, 3.63) is 0 Å². The van der Waals surface area contributed by atoms with Gasteiger partial charge in [0.05, 0.1) is 85.3 Å². The van der Waals surface area contributed by atoms with Crippen molar-refractivity contribution in [1.29, 1.82) is 0 Å². The van der Waals surface area contributed by atoms with Crippen LogP contribution in [-0.2, 0) is 23.7 Å². The summed E-state index contributed by atoms with van der Waals surface area (Å²) in [5, 5.41) is 21.6. The summed E-state index contributed by atoms with van der Waals surface area (Å²) in [6, 6.07) is 1.09. The van der Waals surface area contributed by atoms with Crippen LogP contribution >= 0.6 is 0 Å². The maximum Gasteiger partial charge on any atom is 0.194 e. The highest BCUT2D eigenvalue weighted by Crippen LogP contribution is 2.29. The quantitative estimate of drug-likeness (QED) is 0.0458. The second-order valence-electron chi connectivity index (χ2n) is 15.3. The number of guanidine groups is 1. The van der Waals surface area contributed by atoms with E-state index in [1.807, 2.05) is 0 Å². The van der Waals surface area contributed by atoms with Crippen LogP contribution in [0.4, 0.5) is 0 Å².